The van der Waals surface area contributed by atoms with E-state index in [0.29, 0.717) is 0 Å². The number of halogens is 14. The zero-order valence-electron chi connectivity index (χ0n) is 11.2. The lowest BCUT2D eigenvalue weighted by Gasteiger charge is -2.38. The van der Waals surface area contributed by atoms with E-state index in [-0.39, 0.29) is 0 Å². The van der Waals surface area contributed by atoms with Crippen LogP contribution in [0.15, 0.2) is 0 Å². The molecule has 0 heterocycles. The van der Waals surface area contributed by atoms with Crippen LogP contribution in [0.1, 0.15) is 0 Å². The molecule has 25 heavy (non-hydrogen) atoms. The molecule has 0 saturated heterocycles. The van der Waals surface area contributed by atoms with Gasteiger partial charge in [0.15, 0.2) is 0 Å². The molecule has 0 rings (SSSR count). The predicted molar refractivity (Wildman–Crippen MR) is 48.6 cm³/mol. The second-order valence-corrected chi connectivity index (χ2v) is 4.16. The smallest absolute Gasteiger partial charge is 0.278 e. The van der Waals surface area contributed by atoms with Gasteiger partial charge in [0.2, 0.25) is 12.5 Å². The average molecular weight is 412 g/mol. The lowest BCUT2D eigenvalue weighted by Crippen LogP contribution is -2.65. The molecule has 16 heteroatoms. The van der Waals surface area contributed by atoms with Crippen LogP contribution in [0.4, 0.5) is 61.5 Å². The molecule has 3 unspecified atom stereocenters. The average Bonchev–Trinajstić information content (AvgIpc) is 2.43. The van der Waals surface area contributed by atoms with Crippen LogP contribution in [-0.2, 0) is 9.47 Å². The quantitative estimate of drug-likeness (QED) is 0.514. The van der Waals surface area contributed by atoms with Gasteiger partial charge in [-0.3, -0.25) is 9.47 Å². The maximum Gasteiger partial charge on any atom is 0.458 e. The molecule has 0 aliphatic rings. The standard InChI is InChI=1S/C9H6F14O2/c10-1-3(12)5(14,15)8(20,21)25-6(16,7(17,18)19)9(22,23)24-4(13)2-11/h3-4H,1-2H2. The Balaban J connectivity index is 6.01. The van der Waals surface area contributed by atoms with Gasteiger partial charge in [0.25, 0.3) is 0 Å². The van der Waals surface area contributed by atoms with Crippen molar-refractivity contribution in [3.63, 3.8) is 0 Å². The Bertz CT molecular complexity index is 437. The van der Waals surface area contributed by atoms with E-state index in [0.717, 1.165) is 0 Å². The zero-order chi connectivity index (χ0) is 20.5. The summed E-state index contributed by atoms with van der Waals surface area (Å²) >= 11 is 0. The second kappa shape index (κ2) is 7.28. The van der Waals surface area contributed by atoms with Crippen LogP contribution >= 0.6 is 0 Å². The van der Waals surface area contributed by atoms with Crippen LogP contribution in [0.3, 0.4) is 0 Å². The first kappa shape index (κ1) is 23.9. The molecule has 0 spiro atoms. The van der Waals surface area contributed by atoms with E-state index in [4.69, 9.17) is 0 Å². The van der Waals surface area contributed by atoms with Crippen LogP contribution in [0, 0.1) is 0 Å². The normalized spacial score (nSPS) is 19.4. The van der Waals surface area contributed by atoms with Gasteiger partial charge in [-0.1, -0.05) is 0 Å². The van der Waals surface area contributed by atoms with Gasteiger partial charge < -0.3 is 0 Å². The molecule has 0 aliphatic carbocycles. The highest BCUT2D eigenvalue weighted by Gasteiger charge is 2.80. The lowest BCUT2D eigenvalue weighted by molar-refractivity contribution is -0.527. The van der Waals surface area contributed by atoms with Crippen LogP contribution in [0.5, 0.6) is 0 Å². The van der Waals surface area contributed by atoms with Crippen molar-refractivity contribution in [2.24, 2.45) is 0 Å². The molecule has 3 atom stereocenters. The molecular formula is C9H6F14O2. The molecule has 152 valence electrons. The highest BCUT2D eigenvalue weighted by molar-refractivity contribution is 4.93. The van der Waals surface area contributed by atoms with Crippen molar-refractivity contribution >= 4 is 0 Å². The zero-order valence-corrected chi connectivity index (χ0v) is 11.2. The van der Waals surface area contributed by atoms with Crippen molar-refractivity contribution in [3.8, 4) is 0 Å². The minimum Gasteiger partial charge on any atom is -0.278 e. The summed E-state index contributed by atoms with van der Waals surface area (Å²) in [6, 6.07) is 0. The highest BCUT2D eigenvalue weighted by Crippen LogP contribution is 2.53. The molecule has 2 nitrogen and oxygen atoms in total. The Morgan fingerprint density at radius 1 is 0.680 bits per heavy atom. The van der Waals surface area contributed by atoms with E-state index in [1.807, 2.05) is 0 Å². The van der Waals surface area contributed by atoms with Crippen molar-refractivity contribution < 1.29 is 70.9 Å². The van der Waals surface area contributed by atoms with Crippen molar-refractivity contribution in [2.45, 2.75) is 42.7 Å². The van der Waals surface area contributed by atoms with Crippen LogP contribution in [0.25, 0.3) is 0 Å². The Hall–Kier alpha value is -1.06. The van der Waals surface area contributed by atoms with Gasteiger partial charge in [0.05, 0.1) is 0 Å². The molecular weight excluding hydrogens is 406 g/mol. The summed E-state index contributed by atoms with van der Waals surface area (Å²) in [5.74, 6) is -13.8. The fourth-order valence-electron chi connectivity index (χ4n) is 1.07. The monoisotopic (exact) mass is 412 g/mol. The minimum absolute atomic E-state index is 1.74. The molecule has 0 bridgehead atoms. The third kappa shape index (κ3) is 4.57. The maximum absolute atomic E-state index is 13.4. The van der Waals surface area contributed by atoms with Crippen molar-refractivity contribution in [2.75, 3.05) is 13.3 Å². The summed E-state index contributed by atoms with van der Waals surface area (Å²) in [6.07, 6.45) is -29.7. The Morgan fingerprint density at radius 3 is 1.44 bits per heavy atom. The van der Waals surface area contributed by atoms with Gasteiger partial charge >= 0.3 is 30.2 Å². The van der Waals surface area contributed by atoms with E-state index in [1.54, 1.807) is 4.74 Å². The number of hydrogen-bond acceptors (Lipinski definition) is 2. The maximum atomic E-state index is 13.4. The van der Waals surface area contributed by atoms with Crippen molar-refractivity contribution in [1.29, 1.82) is 0 Å². The number of alkyl halides is 14. The third-order valence-corrected chi connectivity index (χ3v) is 2.32. The van der Waals surface area contributed by atoms with Gasteiger partial charge in [-0.25, -0.2) is 17.6 Å². The summed E-state index contributed by atoms with van der Waals surface area (Å²) in [7, 11) is 0. The molecule has 0 aromatic rings. The molecule has 0 aliphatic heterocycles. The van der Waals surface area contributed by atoms with Crippen molar-refractivity contribution in [1.82, 2.24) is 0 Å². The molecule has 0 aromatic heterocycles. The molecule has 0 saturated carbocycles. The Kier molecular flexibility index (Phi) is 6.97. The van der Waals surface area contributed by atoms with E-state index < -0.39 is 56.0 Å². The van der Waals surface area contributed by atoms with Gasteiger partial charge in [0, 0.05) is 0 Å². The van der Waals surface area contributed by atoms with Crippen LogP contribution in [-0.4, -0.2) is 56.0 Å². The number of ether oxygens (including phenoxy) is 2. The lowest BCUT2D eigenvalue weighted by atomic mass is 10.2. The molecule has 0 amide bonds. The summed E-state index contributed by atoms with van der Waals surface area (Å²) in [5.41, 5.74) is 0. The van der Waals surface area contributed by atoms with E-state index in [9.17, 15) is 61.5 Å². The second-order valence-electron chi connectivity index (χ2n) is 4.16. The molecule has 0 N–H and O–H groups in total. The van der Waals surface area contributed by atoms with Gasteiger partial charge in [-0.2, -0.15) is 43.9 Å². The van der Waals surface area contributed by atoms with E-state index >= 15 is 0 Å². The number of hydrogen-bond donors (Lipinski definition) is 0. The first-order valence-electron chi connectivity index (χ1n) is 5.56. The van der Waals surface area contributed by atoms with Crippen LogP contribution in [0.2, 0.25) is 0 Å². The summed E-state index contributed by atoms with van der Waals surface area (Å²) < 4.78 is 180. The summed E-state index contributed by atoms with van der Waals surface area (Å²) in [6.45, 7) is -5.57. The summed E-state index contributed by atoms with van der Waals surface area (Å²) in [4.78, 5) is 0. The summed E-state index contributed by atoms with van der Waals surface area (Å²) in [5, 5.41) is 0. The van der Waals surface area contributed by atoms with Gasteiger partial charge in [0.1, 0.15) is 13.3 Å². The Labute approximate surface area is 128 Å². The SMILES string of the molecule is FCC(F)OC(F)(F)C(F)(OC(F)(F)C(F)(F)C(F)CF)C(F)(F)F. The van der Waals surface area contributed by atoms with E-state index in [2.05, 4.69) is 4.74 Å². The molecule has 0 radical (unpaired) electrons. The first-order valence-corrected chi connectivity index (χ1v) is 5.56. The minimum atomic E-state index is -7.30. The third-order valence-electron chi connectivity index (χ3n) is 2.32. The predicted octanol–water partition coefficient (Wildman–Crippen LogP) is 4.64. The first-order chi connectivity index (χ1) is 10.9. The van der Waals surface area contributed by atoms with Crippen LogP contribution < -0.4 is 0 Å². The van der Waals surface area contributed by atoms with E-state index in [1.165, 1.54) is 0 Å². The molecule has 0 fully saturated rings. The van der Waals surface area contributed by atoms with Crippen molar-refractivity contribution in [3.05, 3.63) is 0 Å². The topological polar surface area (TPSA) is 18.5 Å². The van der Waals surface area contributed by atoms with Gasteiger partial charge in [-0.05, 0) is 0 Å². The van der Waals surface area contributed by atoms with Gasteiger partial charge in [-0.15, -0.1) is 0 Å². The molecule has 0 aromatic carbocycles. The highest BCUT2D eigenvalue weighted by atomic mass is 19.4. The largest absolute Gasteiger partial charge is 0.458 e. The Morgan fingerprint density at radius 2 is 1.12 bits per heavy atom. The fourth-order valence-corrected chi connectivity index (χ4v) is 1.07. The fraction of sp³-hybridized carbons (Fsp3) is 1.00. The number of rotatable bonds is 9.